The molecule has 0 aromatic heterocycles. The van der Waals surface area contributed by atoms with Gasteiger partial charge < -0.3 is 5.73 Å². The maximum atomic E-state index is 12.3. The van der Waals surface area contributed by atoms with E-state index in [9.17, 15) is 4.79 Å². The van der Waals surface area contributed by atoms with E-state index in [1.807, 2.05) is 30.3 Å². The Morgan fingerprint density at radius 2 is 1.88 bits per heavy atom. The third-order valence-corrected chi connectivity index (χ3v) is 7.18. The first-order valence-electron chi connectivity index (χ1n) is 9.19. The van der Waals surface area contributed by atoms with Gasteiger partial charge in [0.15, 0.2) is 6.04 Å². The van der Waals surface area contributed by atoms with Crippen molar-refractivity contribution in [3.8, 4) is 0 Å². The van der Waals surface area contributed by atoms with Gasteiger partial charge in [-0.15, -0.1) is 0 Å². The van der Waals surface area contributed by atoms with Crippen molar-refractivity contribution in [2.45, 2.75) is 46.1 Å². The molecule has 2 saturated carbocycles. The van der Waals surface area contributed by atoms with E-state index in [0.29, 0.717) is 5.92 Å². The molecule has 0 saturated heterocycles. The van der Waals surface area contributed by atoms with Crippen LogP contribution in [0.4, 0.5) is 0 Å². The molecule has 0 radical (unpaired) electrons. The Labute approximate surface area is 149 Å². The van der Waals surface area contributed by atoms with Crippen molar-refractivity contribution in [3.05, 3.63) is 48.0 Å². The van der Waals surface area contributed by atoms with Crippen LogP contribution in [0, 0.1) is 16.7 Å². The van der Waals surface area contributed by atoms with E-state index in [2.05, 4.69) is 32.9 Å². The minimum absolute atomic E-state index is 0.0793. The van der Waals surface area contributed by atoms with Gasteiger partial charge in [-0.1, -0.05) is 63.2 Å². The number of amides is 1. The van der Waals surface area contributed by atoms with E-state index >= 15 is 0 Å². The fourth-order valence-corrected chi connectivity index (χ4v) is 5.05. The minimum atomic E-state index is -0.604. The predicted molar refractivity (Wildman–Crippen MR) is 103 cm³/mol. The number of benzene rings is 2. The number of carbonyl (C=O) groups is 1. The third kappa shape index (κ3) is 2.25. The summed E-state index contributed by atoms with van der Waals surface area (Å²) >= 11 is 0. The van der Waals surface area contributed by atoms with Crippen LogP contribution in [0.25, 0.3) is 10.8 Å². The van der Waals surface area contributed by atoms with Crippen LogP contribution in [0.1, 0.15) is 51.6 Å². The van der Waals surface area contributed by atoms with Gasteiger partial charge in [0, 0.05) is 11.1 Å². The summed E-state index contributed by atoms with van der Waals surface area (Å²) in [7, 11) is 0. The predicted octanol–water partition coefficient (Wildman–Crippen LogP) is 4.65. The zero-order valence-corrected chi connectivity index (χ0v) is 15.3. The molecular weight excluding hydrogens is 308 g/mol. The van der Waals surface area contributed by atoms with Crippen molar-refractivity contribution in [2.24, 2.45) is 27.5 Å². The number of fused-ring (bicyclic) bond motifs is 3. The number of primary amides is 1. The Bertz CT molecular complexity index is 877. The number of nitrogens with two attached hydrogens (primary N) is 1. The highest BCUT2D eigenvalue weighted by Crippen LogP contribution is 2.64. The molecule has 3 heteroatoms. The van der Waals surface area contributed by atoms with Crippen LogP contribution in [-0.4, -0.2) is 11.6 Å². The standard InChI is InChI=1S/C22H26N2O/c1-21(2)15-11-12-22(21,3)18(13-15)24-19(20(23)25)17-10-6-8-14-7-4-5-9-16(14)17/h4-10,15,19H,11-13H2,1-3H3,(H2,23,25)/t15-,19-,22+/m1/s1. The SMILES string of the molecule is CC1(C)[C@@H]2CC[C@@]1(C)C(=N[C@@H](C(N)=O)c1cccc3ccccc13)C2. The van der Waals surface area contributed by atoms with Crippen molar-refractivity contribution >= 4 is 22.4 Å². The molecule has 2 aliphatic carbocycles. The normalized spacial score (nSPS) is 30.0. The van der Waals surface area contributed by atoms with Gasteiger partial charge in [0.05, 0.1) is 0 Å². The van der Waals surface area contributed by atoms with E-state index < -0.39 is 6.04 Å². The van der Waals surface area contributed by atoms with E-state index in [4.69, 9.17) is 10.7 Å². The first-order chi connectivity index (χ1) is 11.8. The molecule has 0 spiro atoms. The lowest BCUT2D eigenvalue weighted by molar-refractivity contribution is -0.119. The first kappa shape index (κ1) is 16.3. The summed E-state index contributed by atoms with van der Waals surface area (Å²) in [5.41, 5.74) is 8.23. The number of nitrogens with zero attached hydrogens (tertiary/aromatic N) is 1. The molecule has 2 aliphatic rings. The van der Waals surface area contributed by atoms with Crippen molar-refractivity contribution in [1.82, 2.24) is 0 Å². The molecule has 2 aromatic carbocycles. The highest BCUT2D eigenvalue weighted by molar-refractivity contribution is 5.98. The molecule has 130 valence electrons. The summed E-state index contributed by atoms with van der Waals surface area (Å²) in [5.74, 6) is 0.297. The fraction of sp³-hybridized carbons (Fsp3) is 0.455. The maximum absolute atomic E-state index is 12.3. The van der Waals surface area contributed by atoms with Crippen LogP contribution in [0.2, 0.25) is 0 Å². The molecule has 4 rings (SSSR count). The van der Waals surface area contributed by atoms with Gasteiger partial charge >= 0.3 is 0 Å². The Morgan fingerprint density at radius 3 is 2.52 bits per heavy atom. The van der Waals surface area contributed by atoms with E-state index in [1.54, 1.807) is 0 Å². The first-order valence-corrected chi connectivity index (χ1v) is 9.19. The van der Waals surface area contributed by atoms with Gasteiger partial charge in [0.1, 0.15) is 0 Å². The van der Waals surface area contributed by atoms with Crippen LogP contribution in [0.3, 0.4) is 0 Å². The molecule has 2 fully saturated rings. The zero-order valence-electron chi connectivity index (χ0n) is 15.3. The number of hydrogen-bond donors (Lipinski definition) is 1. The van der Waals surface area contributed by atoms with Gasteiger partial charge in [0.2, 0.25) is 5.91 Å². The second-order valence-corrected chi connectivity index (χ2v) is 8.44. The Morgan fingerprint density at radius 1 is 1.16 bits per heavy atom. The summed E-state index contributed by atoms with van der Waals surface area (Å²) in [6, 6.07) is 13.6. The largest absolute Gasteiger partial charge is 0.368 e. The lowest BCUT2D eigenvalue weighted by Gasteiger charge is -2.35. The van der Waals surface area contributed by atoms with Crippen molar-refractivity contribution < 1.29 is 4.79 Å². The molecule has 3 atom stereocenters. The molecule has 1 amide bonds. The van der Waals surface area contributed by atoms with Crippen LogP contribution in [-0.2, 0) is 4.79 Å². The van der Waals surface area contributed by atoms with Crippen molar-refractivity contribution in [3.63, 3.8) is 0 Å². The van der Waals surface area contributed by atoms with Crippen LogP contribution >= 0.6 is 0 Å². The highest BCUT2D eigenvalue weighted by Gasteiger charge is 2.59. The molecular formula is C22H26N2O. The second-order valence-electron chi connectivity index (χ2n) is 8.44. The lowest BCUT2D eigenvalue weighted by Crippen LogP contribution is -2.33. The van der Waals surface area contributed by atoms with E-state index in [-0.39, 0.29) is 16.7 Å². The van der Waals surface area contributed by atoms with Crippen LogP contribution in [0.5, 0.6) is 0 Å². The van der Waals surface area contributed by atoms with Gasteiger partial charge in [-0.25, -0.2) is 0 Å². The Hall–Kier alpha value is -2.16. The number of carbonyl (C=O) groups excluding carboxylic acids is 1. The molecule has 2 aromatic rings. The van der Waals surface area contributed by atoms with Crippen molar-refractivity contribution in [2.75, 3.05) is 0 Å². The number of rotatable bonds is 3. The maximum Gasteiger partial charge on any atom is 0.246 e. The summed E-state index contributed by atoms with van der Waals surface area (Å²) in [5, 5.41) is 2.18. The molecule has 0 heterocycles. The minimum Gasteiger partial charge on any atom is -0.368 e. The average Bonchev–Trinajstić information content (AvgIpc) is 2.92. The third-order valence-electron chi connectivity index (χ3n) is 7.18. The summed E-state index contributed by atoms with van der Waals surface area (Å²) in [6.45, 7) is 7.02. The summed E-state index contributed by atoms with van der Waals surface area (Å²) < 4.78 is 0. The fourth-order valence-electron chi connectivity index (χ4n) is 5.05. The molecule has 2 bridgehead atoms. The number of hydrogen-bond acceptors (Lipinski definition) is 2. The zero-order chi connectivity index (χ0) is 17.8. The van der Waals surface area contributed by atoms with E-state index in [1.165, 1.54) is 12.1 Å². The van der Waals surface area contributed by atoms with Gasteiger partial charge in [-0.3, -0.25) is 9.79 Å². The van der Waals surface area contributed by atoms with Crippen molar-refractivity contribution in [1.29, 1.82) is 0 Å². The smallest absolute Gasteiger partial charge is 0.246 e. The molecule has 0 aliphatic heterocycles. The Kier molecular flexibility index (Phi) is 3.54. The van der Waals surface area contributed by atoms with Crippen LogP contribution in [0.15, 0.2) is 47.5 Å². The highest BCUT2D eigenvalue weighted by atomic mass is 16.1. The van der Waals surface area contributed by atoms with Crippen LogP contribution < -0.4 is 5.73 Å². The van der Waals surface area contributed by atoms with E-state index in [0.717, 1.165) is 29.2 Å². The molecule has 25 heavy (non-hydrogen) atoms. The lowest BCUT2D eigenvalue weighted by atomic mass is 9.70. The monoisotopic (exact) mass is 334 g/mol. The van der Waals surface area contributed by atoms with Gasteiger partial charge in [-0.2, -0.15) is 0 Å². The summed E-state index contributed by atoms with van der Waals surface area (Å²) in [6.07, 6.45) is 3.42. The van der Waals surface area contributed by atoms with Gasteiger partial charge in [0.25, 0.3) is 0 Å². The molecule has 3 nitrogen and oxygen atoms in total. The summed E-state index contributed by atoms with van der Waals surface area (Å²) in [4.78, 5) is 17.3. The molecule has 2 N–H and O–H groups in total. The van der Waals surface area contributed by atoms with Gasteiger partial charge in [-0.05, 0) is 46.9 Å². The number of aliphatic imine (C=N–C) groups is 1. The average molecular weight is 334 g/mol. The molecule has 0 unspecified atom stereocenters. The topological polar surface area (TPSA) is 55.4 Å². The second kappa shape index (κ2) is 5.42. The quantitative estimate of drug-likeness (QED) is 0.872. The Balaban J connectivity index is 1.83.